The molecule has 1 aromatic carbocycles. The number of methoxy groups -OCH3 is 1. The van der Waals surface area contributed by atoms with Crippen LogP contribution in [0.5, 0.6) is 0 Å². The number of nitrogens with zero attached hydrogens (tertiary/aromatic N) is 2. The van der Waals surface area contributed by atoms with Gasteiger partial charge in [0.25, 0.3) is 0 Å². The van der Waals surface area contributed by atoms with Crippen molar-refractivity contribution in [2.24, 2.45) is 0 Å². The minimum atomic E-state index is -0.346. The zero-order valence-electron chi connectivity index (χ0n) is 14.3. The zero-order chi connectivity index (χ0) is 18.1. The number of hydrogen-bond donors (Lipinski definition) is 1. The summed E-state index contributed by atoms with van der Waals surface area (Å²) in [6.45, 7) is 0.498. The van der Waals surface area contributed by atoms with Crippen LogP contribution in [0.2, 0.25) is 0 Å². The van der Waals surface area contributed by atoms with E-state index < -0.39 is 0 Å². The van der Waals surface area contributed by atoms with E-state index in [1.165, 1.54) is 19.2 Å². The lowest BCUT2D eigenvalue weighted by Gasteiger charge is -2.12. The van der Waals surface area contributed by atoms with E-state index in [2.05, 4.69) is 15.3 Å². The number of hydrogen-bond acceptors (Lipinski definition) is 5. The molecule has 5 nitrogen and oxygen atoms in total. The molecule has 2 aromatic heterocycles. The number of anilines is 1. The Morgan fingerprint density at radius 3 is 2.88 bits per heavy atom. The molecule has 0 atom stereocenters. The second-order valence-corrected chi connectivity index (χ2v) is 6.37. The molecular formula is C20H18FN3O2. The lowest BCUT2D eigenvalue weighted by molar-refractivity contribution is 0.0598. The maximum Gasteiger partial charge on any atom is 0.339 e. The standard InChI is InChI=1S/C20H18FN3O2/c1-26-20(25)16-7-5-14(24-19(16)12-2-3-12)11-23-17-8-9-22-18-10-13(21)4-6-15(17)18/h4-10,12H,2-3,11H2,1H3,(H,22,23). The van der Waals surface area contributed by atoms with Crippen molar-refractivity contribution in [2.45, 2.75) is 25.3 Å². The van der Waals surface area contributed by atoms with E-state index in [1.54, 1.807) is 18.3 Å². The van der Waals surface area contributed by atoms with Gasteiger partial charge in [0.15, 0.2) is 0 Å². The molecule has 0 radical (unpaired) electrons. The minimum absolute atomic E-state index is 0.309. The van der Waals surface area contributed by atoms with E-state index >= 15 is 0 Å². The fourth-order valence-corrected chi connectivity index (χ4v) is 3.03. The Bertz CT molecular complexity index is 986. The molecular weight excluding hydrogens is 333 g/mol. The molecule has 1 fully saturated rings. The number of fused-ring (bicyclic) bond motifs is 1. The first-order valence-corrected chi connectivity index (χ1v) is 8.52. The molecule has 1 saturated carbocycles. The van der Waals surface area contributed by atoms with Crippen LogP contribution >= 0.6 is 0 Å². The number of nitrogens with one attached hydrogen (secondary N) is 1. The fourth-order valence-electron chi connectivity index (χ4n) is 3.03. The third kappa shape index (κ3) is 3.22. The van der Waals surface area contributed by atoms with E-state index in [0.717, 1.165) is 35.3 Å². The second-order valence-electron chi connectivity index (χ2n) is 6.37. The van der Waals surface area contributed by atoms with Crippen LogP contribution in [0.15, 0.2) is 42.6 Å². The predicted octanol–water partition coefficient (Wildman–Crippen LogP) is 4.05. The summed E-state index contributed by atoms with van der Waals surface area (Å²) >= 11 is 0. The fraction of sp³-hybridized carbons (Fsp3) is 0.250. The lowest BCUT2D eigenvalue weighted by Crippen LogP contribution is -2.10. The summed E-state index contributed by atoms with van der Waals surface area (Å²) in [5.41, 5.74) is 3.66. The van der Waals surface area contributed by atoms with Crippen molar-refractivity contribution < 1.29 is 13.9 Å². The van der Waals surface area contributed by atoms with Gasteiger partial charge in [-0.15, -0.1) is 0 Å². The van der Waals surface area contributed by atoms with Crippen molar-refractivity contribution in [3.05, 3.63) is 65.4 Å². The highest BCUT2D eigenvalue weighted by Crippen LogP contribution is 2.40. The van der Waals surface area contributed by atoms with E-state index in [1.807, 2.05) is 12.1 Å². The van der Waals surface area contributed by atoms with Crippen molar-refractivity contribution in [2.75, 3.05) is 12.4 Å². The van der Waals surface area contributed by atoms with Gasteiger partial charge in [-0.25, -0.2) is 9.18 Å². The number of pyridine rings is 2. The van der Waals surface area contributed by atoms with E-state index in [0.29, 0.717) is 23.5 Å². The van der Waals surface area contributed by atoms with Gasteiger partial charge in [-0.05, 0) is 43.2 Å². The van der Waals surface area contributed by atoms with Gasteiger partial charge in [-0.3, -0.25) is 9.97 Å². The molecule has 0 aliphatic heterocycles. The highest BCUT2D eigenvalue weighted by molar-refractivity contribution is 5.91. The summed E-state index contributed by atoms with van der Waals surface area (Å²) in [7, 11) is 1.38. The zero-order valence-corrected chi connectivity index (χ0v) is 14.3. The molecule has 0 bridgehead atoms. The number of halogens is 1. The van der Waals surface area contributed by atoms with E-state index in [-0.39, 0.29) is 11.8 Å². The Balaban J connectivity index is 1.59. The maximum absolute atomic E-state index is 13.4. The van der Waals surface area contributed by atoms with Gasteiger partial charge in [-0.2, -0.15) is 0 Å². The maximum atomic E-state index is 13.4. The van der Waals surface area contributed by atoms with Crippen LogP contribution in [-0.2, 0) is 11.3 Å². The molecule has 132 valence electrons. The number of esters is 1. The van der Waals surface area contributed by atoms with E-state index in [4.69, 9.17) is 4.74 Å². The van der Waals surface area contributed by atoms with Crippen LogP contribution in [0, 0.1) is 5.82 Å². The third-order valence-corrected chi connectivity index (χ3v) is 4.52. The first-order chi connectivity index (χ1) is 12.7. The van der Waals surface area contributed by atoms with Gasteiger partial charge >= 0.3 is 5.97 Å². The van der Waals surface area contributed by atoms with Crippen LogP contribution < -0.4 is 5.32 Å². The van der Waals surface area contributed by atoms with Crippen molar-refractivity contribution in [1.29, 1.82) is 0 Å². The van der Waals surface area contributed by atoms with Crippen LogP contribution in [0.25, 0.3) is 10.9 Å². The number of aromatic nitrogens is 2. The summed E-state index contributed by atoms with van der Waals surface area (Å²) in [6, 6.07) is 10.0. The number of benzene rings is 1. The average molecular weight is 351 g/mol. The van der Waals surface area contributed by atoms with Gasteiger partial charge in [0.2, 0.25) is 0 Å². The topological polar surface area (TPSA) is 64.1 Å². The summed E-state index contributed by atoms with van der Waals surface area (Å²) in [6.07, 6.45) is 3.75. The quantitative estimate of drug-likeness (QED) is 0.703. The lowest BCUT2D eigenvalue weighted by atomic mass is 10.1. The van der Waals surface area contributed by atoms with Gasteiger partial charge in [0.1, 0.15) is 5.82 Å². The van der Waals surface area contributed by atoms with Crippen molar-refractivity contribution >= 4 is 22.6 Å². The Hall–Kier alpha value is -3.02. The SMILES string of the molecule is COC(=O)c1ccc(CNc2ccnc3cc(F)ccc23)nc1C1CC1. The molecule has 0 amide bonds. The largest absolute Gasteiger partial charge is 0.465 e. The molecule has 4 rings (SSSR count). The third-order valence-electron chi connectivity index (χ3n) is 4.52. The highest BCUT2D eigenvalue weighted by atomic mass is 19.1. The molecule has 6 heteroatoms. The minimum Gasteiger partial charge on any atom is -0.465 e. The first kappa shape index (κ1) is 16.4. The molecule has 0 unspecified atom stereocenters. The molecule has 26 heavy (non-hydrogen) atoms. The summed E-state index contributed by atoms with van der Waals surface area (Å²) in [5.74, 6) is -0.314. The van der Waals surface area contributed by atoms with Crippen molar-refractivity contribution in [1.82, 2.24) is 9.97 Å². The Morgan fingerprint density at radius 1 is 1.27 bits per heavy atom. The number of carbonyl (C=O) groups excluding carboxylic acids is 1. The van der Waals surface area contributed by atoms with Gasteiger partial charge in [0.05, 0.1) is 36.1 Å². The average Bonchev–Trinajstić information content (AvgIpc) is 3.50. The predicted molar refractivity (Wildman–Crippen MR) is 96.6 cm³/mol. The molecule has 1 aliphatic carbocycles. The summed E-state index contributed by atoms with van der Waals surface area (Å²) in [5, 5.41) is 4.18. The van der Waals surface area contributed by atoms with Crippen molar-refractivity contribution in [3.63, 3.8) is 0 Å². The van der Waals surface area contributed by atoms with Gasteiger partial charge < -0.3 is 10.1 Å². The van der Waals surface area contributed by atoms with Crippen LogP contribution in [0.3, 0.4) is 0 Å². The van der Waals surface area contributed by atoms with Crippen LogP contribution in [0.1, 0.15) is 40.5 Å². The normalized spacial score (nSPS) is 13.6. The van der Waals surface area contributed by atoms with Crippen LogP contribution in [-0.4, -0.2) is 23.0 Å². The monoisotopic (exact) mass is 351 g/mol. The molecule has 0 spiro atoms. The molecule has 3 aromatic rings. The summed E-state index contributed by atoms with van der Waals surface area (Å²) < 4.78 is 18.2. The van der Waals surface area contributed by atoms with Crippen molar-refractivity contribution in [3.8, 4) is 0 Å². The highest BCUT2D eigenvalue weighted by Gasteiger charge is 2.30. The number of ether oxygens (including phenoxy) is 1. The van der Waals surface area contributed by atoms with Gasteiger partial charge in [0, 0.05) is 29.3 Å². The Labute approximate surface area is 150 Å². The number of carbonyl (C=O) groups is 1. The second kappa shape index (κ2) is 6.71. The van der Waals surface area contributed by atoms with Crippen LogP contribution in [0.4, 0.5) is 10.1 Å². The number of rotatable bonds is 5. The first-order valence-electron chi connectivity index (χ1n) is 8.52. The molecule has 2 heterocycles. The molecule has 0 saturated heterocycles. The Morgan fingerprint density at radius 2 is 2.12 bits per heavy atom. The van der Waals surface area contributed by atoms with E-state index in [9.17, 15) is 9.18 Å². The van der Waals surface area contributed by atoms with Gasteiger partial charge in [-0.1, -0.05) is 0 Å². The Kier molecular flexibility index (Phi) is 4.24. The summed E-state index contributed by atoms with van der Waals surface area (Å²) in [4.78, 5) is 20.8. The molecule has 1 N–H and O–H groups in total. The molecule has 1 aliphatic rings. The smallest absolute Gasteiger partial charge is 0.339 e.